The van der Waals surface area contributed by atoms with E-state index in [0.29, 0.717) is 19.3 Å². The summed E-state index contributed by atoms with van der Waals surface area (Å²) in [4.78, 5) is 25.4. The van der Waals surface area contributed by atoms with Crippen LogP contribution in [0.4, 0.5) is 0 Å². The standard InChI is InChI=1S/C49H76O12S/c1-3-5-7-9-11-13-15-17-19-21-23-25-27-29-31-33-35-37-44(50)58-39-42(40-59-49-48(54)47(53)46(52)43(61-49)41-62(55,56)57)60-45(51)38-36-34-32-30-28-26-24-22-20-18-16-14-12-10-8-6-4-2/h5-8,11-14,17-20,23-26,30,32,42-43,46-49,52-54H,3-4,9-10,15-16,21-22,27-29,31,33-41H2,1-2H3,(H,55,56,57)/b7-5-,8-6-,13-11-,14-12-,19-17-,20-18-,25-23-,26-24-,32-30-. The van der Waals surface area contributed by atoms with Crippen molar-refractivity contribution in [3.8, 4) is 0 Å². The van der Waals surface area contributed by atoms with Crippen LogP contribution in [-0.4, -0.2) is 96.0 Å². The fraction of sp³-hybridized carbons (Fsp3) is 0.592. The average Bonchev–Trinajstić information content (AvgIpc) is 3.24. The zero-order valence-corrected chi connectivity index (χ0v) is 38.0. The van der Waals surface area contributed by atoms with Crippen LogP contribution in [0.3, 0.4) is 0 Å². The minimum absolute atomic E-state index is 0.0730. The van der Waals surface area contributed by atoms with Crippen LogP contribution in [-0.2, 0) is 38.7 Å². The SMILES string of the molecule is CC/C=C\C/C=C\C/C=C\C/C=C\C/C=C\CCCC(=O)OC(COC(=O)CCCCCC/C=C\C/C=C\C/C=C\C/C=C\CC)COC1OC(CS(=O)(=O)O)C(O)C(O)C1O. The summed E-state index contributed by atoms with van der Waals surface area (Å²) >= 11 is 0. The normalized spacial score (nSPS) is 20.9. The van der Waals surface area contributed by atoms with Gasteiger partial charge in [-0.3, -0.25) is 14.1 Å². The van der Waals surface area contributed by atoms with Crippen LogP contribution < -0.4 is 0 Å². The first-order valence-corrected chi connectivity index (χ1v) is 24.1. The van der Waals surface area contributed by atoms with Crippen molar-refractivity contribution in [2.45, 2.75) is 166 Å². The number of aliphatic hydroxyl groups is 3. The third-order valence-electron chi connectivity index (χ3n) is 9.35. The molecule has 1 heterocycles. The lowest BCUT2D eigenvalue weighted by Crippen LogP contribution is -2.60. The van der Waals surface area contributed by atoms with E-state index in [1.165, 1.54) is 0 Å². The van der Waals surface area contributed by atoms with Gasteiger partial charge in [0.2, 0.25) is 0 Å². The second-order valence-electron chi connectivity index (χ2n) is 14.9. The first-order valence-electron chi connectivity index (χ1n) is 22.4. The smallest absolute Gasteiger partial charge is 0.306 e. The van der Waals surface area contributed by atoms with Crippen molar-refractivity contribution in [3.63, 3.8) is 0 Å². The van der Waals surface area contributed by atoms with E-state index in [-0.39, 0.29) is 19.4 Å². The molecule has 350 valence electrons. The van der Waals surface area contributed by atoms with Gasteiger partial charge in [-0.2, -0.15) is 8.42 Å². The van der Waals surface area contributed by atoms with Crippen LogP contribution in [0.5, 0.6) is 0 Å². The molecule has 1 rings (SSSR count). The predicted octanol–water partition coefficient (Wildman–Crippen LogP) is 9.22. The minimum atomic E-state index is -4.62. The molecule has 0 radical (unpaired) electrons. The van der Waals surface area contributed by atoms with Crippen molar-refractivity contribution in [1.82, 2.24) is 0 Å². The fourth-order valence-electron chi connectivity index (χ4n) is 5.94. The molecular weight excluding hydrogens is 813 g/mol. The highest BCUT2D eigenvalue weighted by Crippen LogP contribution is 2.24. The number of ether oxygens (including phenoxy) is 4. The van der Waals surface area contributed by atoms with E-state index < -0.39 is 71.2 Å². The maximum atomic E-state index is 12.8. The molecule has 1 saturated heterocycles. The number of rotatable bonds is 35. The van der Waals surface area contributed by atoms with Gasteiger partial charge in [0.15, 0.2) is 12.4 Å². The van der Waals surface area contributed by atoms with Gasteiger partial charge in [0.25, 0.3) is 10.1 Å². The highest BCUT2D eigenvalue weighted by molar-refractivity contribution is 7.85. The van der Waals surface area contributed by atoms with E-state index in [0.717, 1.165) is 83.5 Å². The van der Waals surface area contributed by atoms with Crippen LogP contribution in [0.1, 0.15) is 129 Å². The molecule has 0 aromatic heterocycles. The fourth-order valence-corrected chi connectivity index (χ4v) is 6.63. The maximum Gasteiger partial charge on any atom is 0.306 e. The summed E-state index contributed by atoms with van der Waals surface area (Å²) in [5.74, 6) is -2.11. The van der Waals surface area contributed by atoms with E-state index in [1.807, 2.05) is 12.2 Å². The molecular formula is C49H76O12S. The molecule has 0 saturated carbocycles. The molecule has 6 unspecified atom stereocenters. The molecule has 1 fully saturated rings. The van der Waals surface area contributed by atoms with Gasteiger partial charge in [0.1, 0.15) is 36.8 Å². The van der Waals surface area contributed by atoms with Gasteiger partial charge in [-0.15, -0.1) is 0 Å². The molecule has 0 spiro atoms. The van der Waals surface area contributed by atoms with Gasteiger partial charge in [-0.05, 0) is 89.9 Å². The molecule has 1 aliphatic rings. The van der Waals surface area contributed by atoms with Crippen LogP contribution in [0.15, 0.2) is 109 Å². The molecule has 0 bridgehead atoms. The Morgan fingerprint density at radius 2 is 0.984 bits per heavy atom. The van der Waals surface area contributed by atoms with Crippen LogP contribution in [0.25, 0.3) is 0 Å². The third-order valence-corrected chi connectivity index (χ3v) is 10.1. The van der Waals surface area contributed by atoms with Crippen LogP contribution in [0.2, 0.25) is 0 Å². The molecule has 12 nitrogen and oxygen atoms in total. The Morgan fingerprint density at radius 1 is 0.548 bits per heavy atom. The number of carbonyl (C=O) groups is 2. The number of aliphatic hydroxyl groups excluding tert-OH is 3. The van der Waals surface area contributed by atoms with E-state index in [1.54, 1.807) is 0 Å². The number of carbonyl (C=O) groups excluding carboxylic acids is 2. The Kier molecular flexibility index (Phi) is 34.4. The average molecular weight is 889 g/mol. The van der Waals surface area contributed by atoms with Gasteiger partial charge >= 0.3 is 11.9 Å². The van der Waals surface area contributed by atoms with Crippen LogP contribution >= 0.6 is 0 Å². The summed E-state index contributed by atoms with van der Waals surface area (Å²) in [5, 5.41) is 30.9. The van der Waals surface area contributed by atoms with Gasteiger partial charge in [-0.1, -0.05) is 136 Å². The minimum Gasteiger partial charge on any atom is -0.462 e. The largest absolute Gasteiger partial charge is 0.462 e. The molecule has 13 heteroatoms. The quantitative estimate of drug-likeness (QED) is 0.0205. The molecule has 0 amide bonds. The van der Waals surface area contributed by atoms with Crippen molar-refractivity contribution in [2.75, 3.05) is 19.0 Å². The molecule has 0 aromatic carbocycles. The number of esters is 2. The lowest BCUT2D eigenvalue weighted by molar-refractivity contribution is -0.297. The lowest BCUT2D eigenvalue weighted by atomic mass is 10.00. The monoisotopic (exact) mass is 889 g/mol. The first-order chi connectivity index (χ1) is 30.0. The van der Waals surface area contributed by atoms with Crippen molar-refractivity contribution in [2.24, 2.45) is 0 Å². The number of unbranched alkanes of at least 4 members (excludes halogenated alkanes) is 5. The Labute approximate surface area is 372 Å². The topological polar surface area (TPSA) is 186 Å². The third kappa shape index (κ3) is 32.1. The van der Waals surface area contributed by atoms with Crippen molar-refractivity contribution < 1.29 is 56.8 Å². The van der Waals surface area contributed by atoms with E-state index in [9.17, 15) is 37.9 Å². The summed E-state index contributed by atoms with van der Waals surface area (Å²) < 4.78 is 54.0. The molecule has 62 heavy (non-hydrogen) atoms. The summed E-state index contributed by atoms with van der Waals surface area (Å²) in [6, 6.07) is 0. The highest BCUT2D eigenvalue weighted by atomic mass is 32.2. The second kappa shape index (κ2) is 37.8. The molecule has 0 aromatic rings. The predicted molar refractivity (Wildman–Crippen MR) is 247 cm³/mol. The summed E-state index contributed by atoms with van der Waals surface area (Å²) in [5.41, 5.74) is 0. The van der Waals surface area contributed by atoms with Crippen molar-refractivity contribution >= 4 is 22.1 Å². The van der Waals surface area contributed by atoms with Gasteiger partial charge < -0.3 is 34.3 Å². The van der Waals surface area contributed by atoms with Crippen LogP contribution in [0, 0.1) is 0 Å². The number of allylic oxidation sites excluding steroid dienone is 18. The Hall–Kier alpha value is -3.69. The Bertz CT molecular complexity index is 1560. The summed E-state index contributed by atoms with van der Waals surface area (Å²) in [6.07, 6.45) is 42.8. The summed E-state index contributed by atoms with van der Waals surface area (Å²) in [6.45, 7) is 3.44. The van der Waals surface area contributed by atoms with E-state index in [2.05, 4.69) is 111 Å². The Balaban J connectivity index is 2.52. The zero-order valence-electron chi connectivity index (χ0n) is 37.2. The summed E-state index contributed by atoms with van der Waals surface area (Å²) in [7, 11) is -4.62. The zero-order chi connectivity index (χ0) is 45.5. The van der Waals surface area contributed by atoms with E-state index in [4.69, 9.17) is 18.9 Å². The van der Waals surface area contributed by atoms with Gasteiger partial charge in [0, 0.05) is 12.8 Å². The number of hydrogen-bond acceptors (Lipinski definition) is 11. The highest BCUT2D eigenvalue weighted by Gasteiger charge is 2.46. The first kappa shape index (κ1) is 56.3. The maximum absolute atomic E-state index is 12.8. The second-order valence-corrected chi connectivity index (χ2v) is 16.4. The number of hydrogen-bond donors (Lipinski definition) is 4. The van der Waals surface area contributed by atoms with Gasteiger partial charge in [-0.25, -0.2) is 0 Å². The van der Waals surface area contributed by atoms with Crippen molar-refractivity contribution in [1.29, 1.82) is 0 Å². The van der Waals surface area contributed by atoms with Gasteiger partial charge in [0.05, 0.1) is 6.61 Å². The molecule has 6 atom stereocenters. The molecule has 0 aliphatic carbocycles. The lowest BCUT2D eigenvalue weighted by Gasteiger charge is -2.40. The molecule has 1 aliphatic heterocycles. The molecule has 4 N–H and O–H groups in total. The Morgan fingerprint density at radius 3 is 1.47 bits per heavy atom. The van der Waals surface area contributed by atoms with E-state index >= 15 is 0 Å². The van der Waals surface area contributed by atoms with Crippen molar-refractivity contribution in [3.05, 3.63) is 109 Å².